The molecule has 1 unspecified atom stereocenters. The van der Waals surface area contributed by atoms with Crippen LogP contribution >= 0.6 is 0 Å². The largest absolute Gasteiger partial charge is 0.286 e. The van der Waals surface area contributed by atoms with Gasteiger partial charge in [-0.25, -0.2) is 0 Å². The van der Waals surface area contributed by atoms with Crippen molar-refractivity contribution in [1.82, 2.24) is 0 Å². The third kappa shape index (κ3) is 7.82. The Morgan fingerprint density at radius 1 is 1.38 bits per heavy atom. The topological polar surface area (TPSA) is 54.4 Å². The molecule has 1 atom stereocenters. The van der Waals surface area contributed by atoms with Crippen LogP contribution in [0, 0.1) is 24.2 Å². The second kappa shape index (κ2) is 5.25. The Bertz CT molecular complexity index is 272. The van der Waals surface area contributed by atoms with E-state index < -0.39 is 10.1 Å². The second-order valence-electron chi connectivity index (χ2n) is 3.58. The maximum atomic E-state index is 10.5. The summed E-state index contributed by atoms with van der Waals surface area (Å²) >= 11 is 0. The lowest BCUT2D eigenvalue weighted by Crippen LogP contribution is -2.14. The molecule has 0 heterocycles. The molecule has 1 N–H and O–H groups in total. The van der Waals surface area contributed by atoms with Crippen molar-refractivity contribution in [3.05, 3.63) is 0 Å². The van der Waals surface area contributed by atoms with E-state index in [1.165, 1.54) is 0 Å². The summed E-state index contributed by atoms with van der Waals surface area (Å²) in [7, 11) is -3.93. The molecule has 0 aromatic carbocycles. The summed E-state index contributed by atoms with van der Waals surface area (Å²) in [5.41, 5.74) is 0. The standard InChI is InChI=1S/C9H16O3S/c1-4-9(6-5-8(2)3)7-13(10,11)12/h1,8-9H,5-7H2,2-3H3,(H,10,11,12). The Morgan fingerprint density at radius 3 is 2.23 bits per heavy atom. The van der Waals surface area contributed by atoms with Crippen LogP contribution < -0.4 is 0 Å². The molecule has 76 valence electrons. The highest BCUT2D eigenvalue weighted by Gasteiger charge is 2.14. The van der Waals surface area contributed by atoms with Gasteiger partial charge in [0.1, 0.15) is 0 Å². The van der Waals surface area contributed by atoms with Crippen molar-refractivity contribution < 1.29 is 13.0 Å². The zero-order valence-electron chi connectivity index (χ0n) is 8.03. The summed E-state index contributed by atoms with van der Waals surface area (Å²) in [5.74, 6) is 2.19. The predicted molar refractivity (Wildman–Crippen MR) is 52.8 cm³/mol. The minimum atomic E-state index is -3.93. The predicted octanol–water partition coefficient (Wildman–Crippen LogP) is 1.56. The Kier molecular flexibility index (Phi) is 5.04. The van der Waals surface area contributed by atoms with Gasteiger partial charge in [0.05, 0.1) is 5.75 Å². The molecule has 13 heavy (non-hydrogen) atoms. The third-order valence-electron chi connectivity index (χ3n) is 1.74. The zero-order valence-corrected chi connectivity index (χ0v) is 8.84. The van der Waals surface area contributed by atoms with E-state index in [9.17, 15) is 8.42 Å². The lowest BCUT2D eigenvalue weighted by molar-refractivity contribution is 0.460. The zero-order chi connectivity index (χ0) is 10.5. The van der Waals surface area contributed by atoms with E-state index >= 15 is 0 Å². The van der Waals surface area contributed by atoms with Gasteiger partial charge in [-0.2, -0.15) is 8.42 Å². The van der Waals surface area contributed by atoms with Gasteiger partial charge in [-0.3, -0.25) is 4.55 Å². The fourth-order valence-electron chi connectivity index (χ4n) is 1.00. The summed E-state index contributed by atoms with van der Waals surface area (Å²) in [6.45, 7) is 4.09. The van der Waals surface area contributed by atoms with Crippen LogP contribution in [0.5, 0.6) is 0 Å². The summed E-state index contributed by atoms with van der Waals surface area (Å²) < 4.78 is 29.6. The molecule has 0 spiro atoms. The van der Waals surface area contributed by atoms with E-state index in [1.54, 1.807) is 0 Å². The first-order valence-electron chi connectivity index (χ1n) is 4.26. The molecule has 4 heteroatoms. The molecule has 0 aliphatic carbocycles. The van der Waals surface area contributed by atoms with Crippen LogP contribution in [0.15, 0.2) is 0 Å². The molecule has 0 aromatic heterocycles. The first-order valence-corrected chi connectivity index (χ1v) is 5.87. The molecular formula is C9H16O3S. The molecule has 0 amide bonds. The molecule has 0 aliphatic rings. The van der Waals surface area contributed by atoms with E-state index in [2.05, 4.69) is 5.92 Å². The van der Waals surface area contributed by atoms with Crippen LogP contribution in [-0.4, -0.2) is 18.7 Å². The monoisotopic (exact) mass is 204 g/mol. The van der Waals surface area contributed by atoms with E-state index in [0.717, 1.165) is 6.42 Å². The fraction of sp³-hybridized carbons (Fsp3) is 0.778. The Hall–Kier alpha value is -0.530. The molecule has 0 saturated heterocycles. The SMILES string of the molecule is C#CC(CCC(C)C)CS(=O)(=O)O. The Labute approximate surface area is 80.3 Å². The number of terminal acetylenes is 1. The van der Waals surface area contributed by atoms with Crippen LogP contribution in [0.3, 0.4) is 0 Å². The third-order valence-corrected chi connectivity index (χ3v) is 2.56. The number of hydrogen-bond acceptors (Lipinski definition) is 2. The van der Waals surface area contributed by atoms with E-state index in [4.69, 9.17) is 11.0 Å². The quantitative estimate of drug-likeness (QED) is 0.546. The minimum Gasteiger partial charge on any atom is -0.286 e. The van der Waals surface area contributed by atoms with Crippen molar-refractivity contribution >= 4 is 10.1 Å². The molecule has 3 nitrogen and oxygen atoms in total. The molecule has 0 radical (unpaired) electrons. The molecule has 0 aromatic rings. The van der Waals surface area contributed by atoms with Gasteiger partial charge in [0.2, 0.25) is 0 Å². The van der Waals surface area contributed by atoms with Gasteiger partial charge < -0.3 is 0 Å². The van der Waals surface area contributed by atoms with Crippen LogP contribution in [0.2, 0.25) is 0 Å². The van der Waals surface area contributed by atoms with Crippen molar-refractivity contribution in [2.45, 2.75) is 26.7 Å². The summed E-state index contributed by atoms with van der Waals surface area (Å²) in [6.07, 6.45) is 6.67. The Balaban J connectivity index is 4.01. The average Bonchev–Trinajstić information content (AvgIpc) is 1.95. The first kappa shape index (κ1) is 12.5. The van der Waals surface area contributed by atoms with Gasteiger partial charge in [-0.1, -0.05) is 13.8 Å². The molecule has 0 saturated carbocycles. The first-order chi connectivity index (χ1) is 5.85. The second-order valence-corrected chi connectivity index (χ2v) is 5.08. The summed E-state index contributed by atoms with van der Waals surface area (Å²) in [6, 6.07) is 0. The van der Waals surface area contributed by atoms with Crippen LogP contribution in [-0.2, 0) is 10.1 Å². The minimum absolute atomic E-state index is 0.323. The molecule has 0 bridgehead atoms. The van der Waals surface area contributed by atoms with Crippen LogP contribution in [0.1, 0.15) is 26.7 Å². The number of hydrogen-bond donors (Lipinski definition) is 1. The van der Waals surface area contributed by atoms with Crippen molar-refractivity contribution in [1.29, 1.82) is 0 Å². The summed E-state index contributed by atoms with van der Waals surface area (Å²) in [4.78, 5) is 0. The molecule has 0 rings (SSSR count). The lowest BCUT2D eigenvalue weighted by atomic mass is 10.0. The van der Waals surface area contributed by atoms with Gasteiger partial charge in [-0.15, -0.1) is 12.3 Å². The highest BCUT2D eigenvalue weighted by atomic mass is 32.2. The van der Waals surface area contributed by atoms with Gasteiger partial charge >= 0.3 is 0 Å². The van der Waals surface area contributed by atoms with Gasteiger partial charge in [-0.05, 0) is 18.8 Å². The van der Waals surface area contributed by atoms with Crippen LogP contribution in [0.25, 0.3) is 0 Å². The van der Waals surface area contributed by atoms with Crippen LogP contribution in [0.4, 0.5) is 0 Å². The highest BCUT2D eigenvalue weighted by Crippen LogP contribution is 2.12. The lowest BCUT2D eigenvalue weighted by Gasteiger charge is -2.09. The highest BCUT2D eigenvalue weighted by molar-refractivity contribution is 7.85. The van der Waals surface area contributed by atoms with E-state index in [1.807, 2.05) is 13.8 Å². The molecule has 0 aliphatic heterocycles. The molecule has 0 fully saturated rings. The Morgan fingerprint density at radius 2 is 1.92 bits per heavy atom. The van der Waals surface area contributed by atoms with Gasteiger partial charge in [0.25, 0.3) is 10.1 Å². The maximum absolute atomic E-state index is 10.5. The average molecular weight is 204 g/mol. The summed E-state index contributed by atoms with van der Waals surface area (Å²) in [5, 5.41) is 0. The smallest absolute Gasteiger partial charge is 0.266 e. The van der Waals surface area contributed by atoms with Crippen molar-refractivity contribution in [3.63, 3.8) is 0 Å². The van der Waals surface area contributed by atoms with Gasteiger partial charge in [0.15, 0.2) is 0 Å². The van der Waals surface area contributed by atoms with Crippen molar-refractivity contribution in [3.8, 4) is 12.3 Å². The van der Waals surface area contributed by atoms with E-state index in [0.29, 0.717) is 12.3 Å². The molecular weight excluding hydrogens is 188 g/mol. The van der Waals surface area contributed by atoms with Crippen molar-refractivity contribution in [2.24, 2.45) is 11.8 Å². The fourth-order valence-corrected chi connectivity index (χ4v) is 1.77. The normalized spacial score (nSPS) is 14.1. The van der Waals surface area contributed by atoms with Crippen molar-refractivity contribution in [2.75, 3.05) is 5.75 Å². The van der Waals surface area contributed by atoms with Gasteiger partial charge in [0, 0.05) is 5.92 Å². The van der Waals surface area contributed by atoms with E-state index in [-0.39, 0.29) is 11.7 Å². The maximum Gasteiger partial charge on any atom is 0.266 e. The number of rotatable bonds is 5.